The Labute approximate surface area is 191 Å². The summed E-state index contributed by atoms with van der Waals surface area (Å²) in [5.74, 6) is 2.10. The first-order valence-electron chi connectivity index (χ1n) is 9.87. The van der Waals surface area contributed by atoms with Crippen LogP contribution in [0.1, 0.15) is 55.7 Å². The molecule has 1 aliphatic rings. The van der Waals surface area contributed by atoms with Gasteiger partial charge in [0.1, 0.15) is 11.1 Å². The maximum Gasteiger partial charge on any atom is 0.174 e. The van der Waals surface area contributed by atoms with Gasteiger partial charge in [-0.3, -0.25) is 0 Å². The van der Waals surface area contributed by atoms with Crippen molar-refractivity contribution >= 4 is 45.1 Å². The normalized spacial score (nSPS) is 16.5. The van der Waals surface area contributed by atoms with Crippen molar-refractivity contribution in [3.63, 3.8) is 0 Å². The number of halogens is 1. The summed E-state index contributed by atoms with van der Waals surface area (Å²) in [5.41, 5.74) is 3.18. The Morgan fingerprint density at radius 1 is 1.38 bits per heavy atom. The number of thiophene rings is 1. The minimum absolute atomic E-state index is 0.285. The Morgan fingerprint density at radius 3 is 2.76 bits per heavy atom. The van der Waals surface area contributed by atoms with Crippen molar-refractivity contribution in [1.82, 2.24) is 0 Å². The fourth-order valence-corrected chi connectivity index (χ4v) is 5.84. The van der Waals surface area contributed by atoms with E-state index in [1.807, 2.05) is 25.3 Å². The van der Waals surface area contributed by atoms with Crippen molar-refractivity contribution in [1.29, 1.82) is 5.26 Å². The Balaban J connectivity index is 1.93. The second-order valence-electron chi connectivity index (χ2n) is 8.33. The zero-order chi connectivity index (χ0) is 21.2. The molecule has 0 spiro atoms. The number of rotatable bonds is 5. The predicted octanol–water partition coefficient (Wildman–Crippen LogP) is 6.53. The van der Waals surface area contributed by atoms with E-state index in [0.717, 1.165) is 44.7 Å². The van der Waals surface area contributed by atoms with Crippen molar-refractivity contribution in [2.45, 2.75) is 47.0 Å². The van der Waals surface area contributed by atoms with Crippen LogP contribution in [0.15, 0.2) is 17.1 Å². The van der Waals surface area contributed by atoms with E-state index in [2.05, 4.69) is 49.4 Å². The summed E-state index contributed by atoms with van der Waals surface area (Å²) < 4.78 is 12.1. The molecule has 0 radical (unpaired) electrons. The van der Waals surface area contributed by atoms with Crippen molar-refractivity contribution in [2.24, 2.45) is 16.3 Å². The van der Waals surface area contributed by atoms with Gasteiger partial charge in [-0.25, -0.2) is 4.99 Å². The molecule has 154 valence electrons. The molecule has 0 aliphatic heterocycles. The summed E-state index contributed by atoms with van der Waals surface area (Å²) in [4.78, 5) is 6.04. The zero-order valence-electron chi connectivity index (χ0n) is 17.6. The second kappa shape index (κ2) is 9.05. The zero-order valence-corrected chi connectivity index (χ0v) is 20.6. The average molecular weight is 522 g/mol. The Bertz CT molecular complexity index is 967. The van der Waals surface area contributed by atoms with Gasteiger partial charge in [0.25, 0.3) is 0 Å². The molecule has 0 amide bonds. The molecule has 1 aromatic carbocycles. The number of fused-ring (bicyclic) bond motifs is 1. The van der Waals surface area contributed by atoms with Gasteiger partial charge in [-0.15, -0.1) is 11.3 Å². The first-order chi connectivity index (χ1) is 13.8. The summed E-state index contributed by atoms with van der Waals surface area (Å²) in [5, 5.41) is 10.6. The third kappa shape index (κ3) is 4.77. The van der Waals surface area contributed by atoms with Crippen LogP contribution >= 0.6 is 33.9 Å². The molecular weight excluding hydrogens is 495 g/mol. The van der Waals surface area contributed by atoms with Crippen molar-refractivity contribution in [3.8, 4) is 17.6 Å². The van der Waals surface area contributed by atoms with Crippen LogP contribution < -0.4 is 9.47 Å². The van der Waals surface area contributed by atoms with Crippen LogP contribution in [0, 0.1) is 26.2 Å². The summed E-state index contributed by atoms with van der Waals surface area (Å²) in [7, 11) is 1.65. The maximum absolute atomic E-state index is 9.76. The van der Waals surface area contributed by atoms with E-state index in [1.165, 1.54) is 10.4 Å². The standard InChI is InChI=1S/C23H27IN2O2S/c1-6-28-19-10-14(9-18(24)21(19)27-5)13-26-22-17(12-25)16-8-7-15(23(2,3)4)11-20(16)29-22/h9-10,13,15H,6-8,11H2,1-5H3/t15-/m0/s1. The molecule has 0 bridgehead atoms. The Morgan fingerprint density at radius 2 is 2.14 bits per heavy atom. The van der Waals surface area contributed by atoms with Gasteiger partial charge in [-0.2, -0.15) is 5.26 Å². The van der Waals surface area contributed by atoms with Crippen molar-refractivity contribution in [3.05, 3.63) is 37.3 Å². The number of hydrogen-bond acceptors (Lipinski definition) is 5. The summed E-state index contributed by atoms with van der Waals surface area (Å²) in [6.07, 6.45) is 4.98. The van der Waals surface area contributed by atoms with E-state index >= 15 is 0 Å². The molecule has 1 aliphatic carbocycles. The Hall–Kier alpha value is -1.59. The lowest BCUT2D eigenvalue weighted by Gasteiger charge is -2.33. The molecule has 0 saturated heterocycles. The van der Waals surface area contributed by atoms with Gasteiger partial charge in [-0.1, -0.05) is 20.8 Å². The first kappa shape index (κ1) is 22.1. The lowest BCUT2D eigenvalue weighted by molar-refractivity contribution is 0.218. The largest absolute Gasteiger partial charge is 0.492 e. The number of nitriles is 1. The van der Waals surface area contributed by atoms with Crippen LogP contribution in [0.25, 0.3) is 0 Å². The van der Waals surface area contributed by atoms with Crippen LogP contribution in [0.3, 0.4) is 0 Å². The van der Waals surface area contributed by atoms with Crippen molar-refractivity contribution < 1.29 is 9.47 Å². The number of methoxy groups -OCH3 is 1. The van der Waals surface area contributed by atoms with Crippen LogP contribution in [0.4, 0.5) is 5.00 Å². The quantitative estimate of drug-likeness (QED) is 0.331. The molecule has 3 rings (SSSR count). The summed E-state index contributed by atoms with van der Waals surface area (Å²) in [6, 6.07) is 6.35. The van der Waals surface area contributed by atoms with Crippen LogP contribution in [0.2, 0.25) is 0 Å². The van der Waals surface area contributed by atoms with E-state index in [4.69, 9.17) is 14.5 Å². The molecule has 2 aromatic rings. The molecule has 4 nitrogen and oxygen atoms in total. The highest BCUT2D eigenvalue weighted by Gasteiger charge is 2.32. The smallest absolute Gasteiger partial charge is 0.174 e. The second-order valence-corrected chi connectivity index (χ2v) is 10.6. The third-order valence-electron chi connectivity index (χ3n) is 5.45. The third-order valence-corrected chi connectivity index (χ3v) is 7.41. The number of nitrogens with zero attached hydrogens (tertiary/aromatic N) is 2. The van der Waals surface area contributed by atoms with Gasteiger partial charge in [-0.05, 0) is 83.4 Å². The SMILES string of the molecule is CCOc1cc(C=Nc2sc3c(c2C#N)CC[C@H](C(C)(C)C)C3)cc(I)c1OC. The molecule has 1 aromatic heterocycles. The number of ether oxygens (including phenoxy) is 2. The van der Waals surface area contributed by atoms with E-state index in [1.54, 1.807) is 18.4 Å². The lowest BCUT2D eigenvalue weighted by Crippen LogP contribution is -2.26. The van der Waals surface area contributed by atoms with Crippen LogP contribution in [-0.2, 0) is 12.8 Å². The molecule has 6 heteroatoms. The summed E-state index contributed by atoms with van der Waals surface area (Å²) >= 11 is 3.92. The molecule has 0 saturated carbocycles. The van der Waals surface area contributed by atoms with E-state index < -0.39 is 0 Å². The monoisotopic (exact) mass is 522 g/mol. The Kier molecular flexibility index (Phi) is 6.90. The van der Waals surface area contributed by atoms with E-state index in [-0.39, 0.29) is 5.41 Å². The molecule has 0 N–H and O–H groups in total. The molecule has 0 fully saturated rings. The fraction of sp³-hybridized carbons (Fsp3) is 0.478. The van der Waals surface area contributed by atoms with E-state index in [9.17, 15) is 5.26 Å². The minimum atomic E-state index is 0.285. The van der Waals surface area contributed by atoms with Crippen LogP contribution in [0.5, 0.6) is 11.5 Å². The number of aliphatic imine (C=N–C) groups is 1. The summed E-state index contributed by atoms with van der Waals surface area (Å²) in [6.45, 7) is 9.44. The van der Waals surface area contributed by atoms with Gasteiger partial charge in [0.15, 0.2) is 11.5 Å². The fourth-order valence-electron chi connectivity index (χ4n) is 3.77. The topological polar surface area (TPSA) is 54.6 Å². The predicted molar refractivity (Wildman–Crippen MR) is 128 cm³/mol. The molecule has 29 heavy (non-hydrogen) atoms. The first-order valence-corrected chi connectivity index (χ1v) is 11.8. The highest BCUT2D eigenvalue weighted by molar-refractivity contribution is 14.1. The lowest BCUT2D eigenvalue weighted by atomic mass is 9.72. The van der Waals surface area contributed by atoms with Gasteiger partial charge >= 0.3 is 0 Å². The average Bonchev–Trinajstić information content (AvgIpc) is 3.02. The molecule has 1 atom stereocenters. The van der Waals surface area contributed by atoms with E-state index in [0.29, 0.717) is 18.3 Å². The van der Waals surface area contributed by atoms with Gasteiger partial charge in [0.2, 0.25) is 0 Å². The maximum atomic E-state index is 9.76. The molecule has 1 heterocycles. The number of hydrogen-bond donors (Lipinski definition) is 0. The minimum Gasteiger partial charge on any atom is -0.492 e. The molecular formula is C23H27IN2O2S. The van der Waals surface area contributed by atoms with Gasteiger partial charge in [0.05, 0.1) is 22.9 Å². The van der Waals surface area contributed by atoms with Crippen molar-refractivity contribution in [2.75, 3.05) is 13.7 Å². The number of benzene rings is 1. The van der Waals surface area contributed by atoms with Gasteiger partial charge < -0.3 is 9.47 Å². The highest BCUT2D eigenvalue weighted by atomic mass is 127. The van der Waals surface area contributed by atoms with Gasteiger partial charge in [0, 0.05) is 11.1 Å². The highest BCUT2D eigenvalue weighted by Crippen LogP contribution is 2.45. The van der Waals surface area contributed by atoms with Crippen LogP contribution in [-0.4, -0.2) is 19.9 Å². The molecule has 0 unspecified atom stereocenters.